The fraction of sp³-hybridized carbons (Fsp3) is 0.105. The molecule has 0 aliphatic carbocycles. The summed E-state index contributed by atoms with van der Waals surface area (Å²) in [7, 11) is 0. The van der Waals surface area contributed by atoms with Crippen LogP contribution >= 0.6 is 11.6 Å². The topological polar surface area (TPSA) is 83.8 Å². The van der Waals surface area contributed by atoms with E-state index in [4.69, 9.17) is 16.1 Å². The number of rotatable bonds is 4. The summed E-state index contributed by atoms with van der Waals surface area (Å²) in [5.74, 6) is 0. The number of nitrogens with zero attached hydrogens (tertiary/aromatic N) is 2. The van der Waals surface area contributed by atoms with E-state index in [0.717, 1.165) is 16.8 Å². The monoisotopic (exact) mass is 366 g/mol. The van der Waals surface area contributed by atoms with Crippen molar-refractivity contribution in [2.45, 2.75) is 13.0 Å². The summed E-state index contributed by atoms with van der Waals surface area (Å²) in [6.07, 6.45) is 3.24. The first kappa shape index (κ1) is 16.4. The van der Waals surface area contributed by atoms with E-state index in [-0.39, 0.29) is 11.6 Å². The molecule has 0 aliphatic heterocycles. The largest absolute Gasteiger partial charge is 0.377 e. The zero-order valence-electron chi connectivity index (χ0n) is 13.9. The van der Waals surface area contributed by atoms with Crippen molar-refractivity contribution in [3.8, 4) is 11.1 Å². The minimum absolute atomic E-state index is 0.227. The van der Waals surface area contributed by atoms with E-state index in [1.807, 2.05) is 31.2 Å². The van der Waals surface area contributed by atoms with Gasteiger partial charge < -0.3 is 14.8 Å². The van der Waals surface area contributed by atoms with Crippen molar-refractivity contribution in [1.82, 2.24) is 15.1 Å². The maximum Gasteiger partial charge on any atom is 0.272 e. The molecule has 0 saturated heterocycles. The number of halogens is 1. The fourth-order valence-corrected chi connectivity index (χ4v) is 2.98. The number of aromatic amines is 1. The summed E-state index contributed by atoms with van der Waals surface area (Å²) in [6, 6.07) is 12.7. The highest BCUT2D eigenvalue weighted by Crippen LogP contribution is 2.24. The molecule has 2 heterocycles. The number of anilines is 1. The third kappa shape index (κ3) is 3.19. The Morgan fingerprint density at radius 2 is 2.08 bits per heavy atom. The molecule has 0 spiro atoms. The van der Waals surface area contributed by atoms with Crippen molar-refractivity contribution in [3.63, 3.8) is 0 Å². The minimum Gasteiger partial charge on any atom is -0.377 e. The Morgan fingerprint density at radius 3 is 2.88 bits per heavy atom. The molecule has 26 heavy (non-hydrogen) atoms. The highest BCUT2D eigenvalue weighted by Gasteiger charge is 2.14. The summed E-state index contributed by atoms with van der Waals surface area (Å²) in [5, 5.41) is 7.61. The molecule has 0 fully saturated rings. The van der Waals surface area contributed by atoms with Crippen molar-refractivity contribution in [1.29, 1.82) is 0 Å². The standard InChI is InChI=1S/C19H15ClN4O2/c1-11(18-19(25)24-16-6-5-14(20)8-17(16)23-18)22-15-4-2-3-12(7-15)13-9-21-26-10-13/h2-11,22H,1H3,(H,24,25)/t11-/m0/s1. The molecular weight excluding hydrogens is 352 g/mol. The van der Waals surface area contributed by atoms with Crippen molar-refractivity contribution >= 4 is 28.3 Å². The van der Waals surface area contributed by atoms with Crippen LogP contribution in [-0.4, -0.2) is 15.1 Å². The van der Waals surface area contributed by atoms with E-state index in [9.17, 15) is 4.79 Å². The van der Waals surface area contributed by atoms with Crippen LogP contribution in [-0.2, 0) is 0 Å². The molecule has 2 N–H and O–H groups in total. The van der Waals surface area contributed by atoms with Gasteiger partial charge in [-0.15, -0.1) is 0 Å². The van der Waals surface area contributed by atoms with Crippen LogP contribution in [0.4, 0.5) is 5.69 Å². The van der Waals surface area contributed by atoms with E-state index in [2.05, 4.69) is 20.4 Å². The first-order chi connectivity index (χ1) is 12.6. The van der Waals surface area contributed by atoms with Crippen molar-refractivity contribution in [2.24, 2.45) is 0 Å². The Morgan fingerprint density at radius 1 is 1.19 bits per heavy atom. The number of hydrogen-bond acceptors (Lipinski definition) is 5. The Hall–Kier alpha value is -3.12. The number of benzene rings is 2. The van der Waals surface area contributed by atoms with Gasteiger partial charge in [-0.3, -0.25) is 4.79 Å². The van der Waals surface area contributed by atoms with Gasteiger partial charge in [0.15, 0.2) is 0 Å². The number of aromatic nitrogens is 3. The molecular formula is C19H15ClN4O2. The fourth-order valence-electron chi connectivity index (χ4n) is 2.82. The van der Waals surface area contributed by atoms with E-state index >= 15 is 0 Å². The molecule has 130 valence electrons. The summed E-state index contributed by atoms with van der Waals surface area (Å²) in [5.41, 5.74) is 4.20. The lowest BCUT2D eigenvalue weighted by molar-refractivity contribution is 0.420. The Labute approximate surface area is 153 Å². The second-order valence-electron chi connectivity index (χ2n) is 5.97. The van der Waals surface area contributed by atoms with E-state index in [1.165, 1.54) is 0 Å². The SMILES string of the molecule is C[C@H](Nc1cccc(-c2cnoc2)c1)c1nc2cc(Cl)ccc2[nH]c1=O. The molecule has 0 saturated carbocycles. The number of hydrogen-bond donors (Lipinski definition) is 2. The summed E-state index contributed by atoms with van der Waals surface area (Å²) >= 11 is 6.03. The van der Waals surface area contributed by atoms with Gasteiger partial charge in [0.05, 0.1) is 23.3 Å². The van der Waals surface area contributed by atoms with Crippen LogP contribution in [0.2, 0.25) is 5.02 Å². The molecule has 4 rings (SSSR count). The van der Waals surface area contributed by atoms with Gasteiger partial charge in [-0.05, 0) is 42.8 Å². The van der Waals surface area contributed by atoms with Crippen LogP contribution in [0.3, 0.4) is 0 Å². The first-order valence-corrected chi connectivity index (χ1v) is 8.44. The van der Waals surface area contributed by atoms with Crippen LogP contribution in [0, 0.1) is 0 Å². The van der Waals surface area contributed by atoms with Gasteiger partial charge in [-0.2, -0.15) is 0 Å². The van der Waals surface area contributed by atoms with Crippen LogP contribution in [0.5, 0.6) is 0 Å². The third-order valence-corrected chi connectivity index (χ3v) is 4.34. The van der Waals surface area contributed by atoms with Crippen LogP contribution < -0.4 is 10.9 Å². The predicted octanol–water partition coefficient (Wildman–Crippen LogP) is 4.40. The quantitative estimate of drug-likeness (QED) is 0.559. The second kappa shape index (κ2) is 6.65. The maximum absolute atomic E-state index is 12.4. The lowest BCUT2D eigenvalue weighted by atomic mass is 10.1. The van der Waals surface area contributed by atoms with Gasteiger partial charge in [0.1, 0.15) is 12.0 Å². The molecule has 6 nitrogen and oxygen atoms in total. The van der Waals surface area contributed by atoms with Crippen molar-refractivity contribution in [3.05, 3.63) is 76.0 Å². The highest BCUT2D eigenvalue weighted by molar-refractivity contribution is 6.31. The molecule has 2 aromatic carbocycles. The molecule has 1 atom stereocenters. The lowest BCUT2D eigenvalue weighted by Crippen LogP contribution is -2.21. The van der Waals surface area contributed by atoms with Gasteiger partial charge in [0, 0.05) is 16.3 Å². The number of H-pyrrole nitrogens is 1. The molecule has 0 unspecified atom stereocenters. The van der Waals surface area contributed by atoms with Crippen LogP contribution in [0.15, 0.2) is 64.2 Å². The van der Waals surface area contributed by atoms with Crippen LogP contribution in [0.25, 0.3) is 22.2 Å². The average molecular weight is 367 g/mol. The van der Waals surface area contributed by atoms with E-state index in [0.29, 0.717) is 21.7 Å². The minimum atomic E-state index is -0.292. The first-order valence-electron chi connectivity index (χ1n) is 8.06. The molecule has 7 heteroatoms. The van der Waals surface area contributed by atoms with Crippen molar-refractivity contribution in [2.75, 3.05) is 5.32 Å². The lowest BCUT2D eigenvalue weighted by Gasteiger charge is -2.15. The Balaban J connectivity index is 1.65. The Kier molecular flexibility index (Phi) is 4.18. The van der Waals surface area contributed by atoms with Gasteiger partial charge in [-0.1, -0.05) is 28.9 Å². The molecule has 0 amide bonds. The summed E-state index contributed by atoms with van der Waals surface area (Å²) in [6.45, 7) is 1.89. The molecule has 4 aromatic rings. The normalized spacial score (nSPS) is 12.2. The van der Waals surface area contributed by atoms with E-state index in [1.54, 1.807) is 30.7 Å². The Bertz CT molecular complexity index is 1120. The van der Waals surface area contributed by atoms with Crippen molar-refractivity contribution < 1.29 is 4.52 Å². The maximum atomic E-state index is 12.4. The number of nitrogens with one attached hydrogen (secondary N) is 2. The molecule has 0 bridgehead atoms. The van der Waals surface area contributed by atoms with Gasteiger partial charge in [0.25, 0.3) is 5.56 Å². The zero-order valence-corrected chi connectivity index (χ0v) is 14.6. The van der Waals surface area contributed by atoms with Gasteiger partial charge in [-0.25, -0.2) is 4.98 Å². The predicted molar refractivity (Wildman–Crippen MR) is 101 cm³/mol. The molecule has 2 aromatic heterocycles. The third-order valence-electron chi connectivity index (χ3n) is 4.10. The van der Waals surface area contributed by atoms with Gasteiger partial charge >= 0.3 is 0 Å². The summed E-state index contributed by atoms with van der Waals surface area (Å²) in [4.78, 5) is 19.7. The molecule has 0 aliphatic rings. The smallest absolute Gasteiger partial charge is 0.272 e. The zero-order chi connectivity index (χ0) is 18.1. The molecule has 0 radical (unpaired) electrons. The average Bonchev–Trinajstić information content (AvgIpc) is 3.16. The second-order valence-corrected chi connectivity index (χ2v) is 6.41. The van der Waals surface area contributed by atoms with E-state index < -0.39 is 0 Å². The number of fused-ring (bicyclic) bond motifs is 1. The van der Waals surface area contributed by atoms with Gasteiger partial charge in [0.2, 0.25) is 0 Å². The van der Waals surface area contributed by atoms with Crippen LogP contribution in [0.1, 0.15) is 18.7 Å². The summed E-state index contributed by atoms with van der Waals surface area (Å²) < 4.78 is 4.89. The highest BCUT2D eigenvalue weighted by atomic mass is 35.5.